The van der Waals surface area contributed by atoms with E-state index in [9.17, 15) is 18.0 Å². The van der Waals surface area contributed by atoms with Crippen LogP contribution in [0.2, 0.25) is 0 Å². The third kappa shape index (κ3) is 4.75. The lowest BCUT2D eigenvalue weighted by Gasteiger charge is -2.26. The average Bonchev–Trinajstić information content (AvgIpc) is 2.97. The number of likely N-dealkylation sites (N-methyl/N-ethyl adjacent to an activating group) is 1. The number of anilines is 2. The molecule has 7 nitrogen and oxygen atoms in total. The van der Waals surface area contributed by atoms with Crippen molar-refractivity contribution < 1.29 is 18.0 Å². The van der Waals surface area contributed by atoms with E-state index in [2.05, 4.69) is 24.1 Å². The Balaban J connectivity index is 2.02. The molecule has 1 unspecified atom stereocenters. The molecule has 1 saturated heterocycles. The van der Waals surface area contributed by atoms with Gasteiger partial charge in [0.2, 0.25) is 0 Å². The van der Waals surface area contributed by atoms with E-state index < -0.39 is 27.7 Å². The van der Waals surface area contributed by atoms with Crippen LogP contribution in [0.3, 0.4) is 0 Å². The molecule has 0 aromatic heterocycles. The molecule has 1 N–H and O–H groups in total. The monoisotopic (exact) mass is 381 g/mol. The second-order valence-electron chi connectivity index (χ2n) is 6.32. The van der Waals surface area contributed by atoms with Gasteiger partial charge in [0.15, 0.2) is 9.84 Å². The Kier molecular flexibility index (Phi) is 6.63. The summed E-state index contributed by atoms with van der Waals surface area (Å²) < 4.78 is 23.3. The summed E-state index contributed by atoms with van der Waals surface area (Å²) in [5.74, 6) is -1.44. The molecular formula is C18H27N3O4S. The molecular weight excluding hydrogens is 354 g/mol. The van der Waals surface area contributed by atoms with Crippen LogP contribution >= 0.6 is 0 Å². The van der Waals surface area contributed by atoms with Gasteiger partial charge in [-0.05, 0) is 51.5 Å². The summed E-state index contributed by atoms with van der Waals surface area (Å²) >= 11 is 0. The summed E-state index contributed by atoms with van der Waals surface area (Å²) in [6, 6.07) is 6.89. The Morgan fingerprint density at radius 1 is 1.08 bits per heavy atom. The zero-order valence-electron chi connectivity index (χ0n) is 15.6. The van der Waals surface area contributed by atoms with Crippen molar-refractivity contribution in [1.29, 1.82) is 0 Å². The van der Waals surface area contributed by atoms with Gasteiger partial charge in [0.1, 0.15) is 0 Å². The number of carbonyl (C=O) groups is 2. The molecule has 1 aromatic rings. The third-order valence-electron chi connectivity index (χ3n) is 4.70. The van der Waals surface area contributed by atoms with Crippen molar-refractivity contribution >= 4 is 33.0 Å². The van der Waals surface area contributed by atoms with Crippen molar-refractivity contribution in [3.63, 3.8) is 0 Å². The normalized spacial score (nSPS) is 18.3. The van der Waals surface area contributed by atoms with Gasteiger partial charge in [-0.3, -0.25) is 9.59 Å². The van der Waals surface area contributed by atoms with Crippen molar-refractivity contribution in [3.05, 3.63) is 24.3 Å². The second-order valence-corrected chi connectivity index (χ2v) is 8.55. The molecule has 0 radical (unpaired) electrons. The van der Waals surface area contributed by atoms with E-state index in [1.54, 1.807) is 19.1 Å². The highest BCUT2D eigenvalue weighted by atomic mass is 32.2. The minimum atomic E-state index is -3.12. The number of hydrogen-bond donors (Lipinski definition) is 1. The Labute approximate surface area is 155 Å². The molecule has 144 valence electrons. The first-order chi connectivity index (χ1) is 12.3. The molecule has 0 saturated carbocycles. The molecule has 26 heavy (non-hydrogen) atoms. The Hall–Kier alpha value is -2.09. The third-order valence-corrected chi connectivity index (χ3v) is 6.45. The van der Waals surface area contributed by atoms with E-state index in [1.807, 2.05) is 12.1 Å². The van der Waals surface area contributed by atoms with E-state index in [0.29, 0.717) is 18.7 Å². The summed E-state index contributed by atoms with van der Waals surface area (Å²) in [5.41, 5.74) is 1.58. The smallest absolute Gasteiger partial charge is 0.313 e. The fraction of sp³-hybridized carbons (Fsp3) is 0.556. The van der Waals surface area contributed by atoms with Gasteiger partial charge in [-0.2, -0.15) is 0 Å². The van der Waals surface area contributed by atoms with E-state index in [-0.39, 0.29) is 11.5 Å². The number of rotatable bonds is 6. The summed E-state index contributed by atoms with van der Waals surface area (Å²) in [7, 11) is -3.12. The zero-order chi connectivity index (χ0) is 19.3. The van der Waals surface area contributed by atoms with Crippen LogP contribution in [0.4, 0.5) is 11.4 Å². The molecule has 1 aromatic carbocycles. The minimum absolute atomic E-state index is 0.0654. The number of hydrogen-bond acceptors (Lipinski definition) is 5. The van der Waals surface area contributed by atoms with Gasteiger partial charge < -0.3 is 15.1 Å². The summed E-state index contributed by atoms with van der Waals surface area (Å²) in [5, 5.41) is 2.60. The standard InChI is InChI=1S/C18H27N3O4S/c1-4-20(5-2)15-9-7-14(8-10-15)19-17(22)18(23)21(6-3)16-11-12-26(24,25)13-16/h7-10,16H,4-6,11-13H2,1-3H3,(H,19,22). The first-order valence-electron chi connectivity index (χ1n) is 8.98. The van der Waals surface area contributed by atoms with Gasteiger partial charge in [-0.25, -0.2) is 8.42 Å². The fourth-order valence-electron chi connectivity index (χ4n) is 3.25. The first-order valence-corrected chi connectivity index (χ1v) is 10.8. The SMILES string of the molecule is CCN(CC)c1ccc(NC(=O)C(=O)N(CC)C2CCS(=O)(=O)C2)cc1. The van der Waals surface area contributed by atoms with Gasteiger partial charge in [-0.15, -0.1) is 0 Å². The lowest BCUT2D eigenvalue weighted by molar-refractivity contribution is -0.144. The zero-order valence-corrected chi connectivity index (χ0v) is 16.4. The van der Waals surface area contributed by atoms with Gasteiger partial charge >= 0.3 is 11.8 Å². The fourth-order valence-corrected chi connectivity index (χ4v) is 4.98. The molecule has 0 bridgehead atoms. The van der Waals surface area contributed by atoms with E-state index in [1.165, 1.54) is 4.90 Å². The van der Waals surface area contributed by atoms with Crippen LogP contribution in [0.25, 0.3) is 0 Å². The van der Waals surface area contributed by atoms with Crippen LogP contribution in [0.1, 0.15) is 27.2 Å². The molecule has 0 aliphatic carbocycles. The predicted octanol–water partition coefficient (Wildman–Crippen LogP) is 1.51. The van der Waals surface area contributed by atoms with Crippen LogP contribution in [0.5, 0.6) is 0 Å². The van der Waals surface area contributed by atoms with Gasteiger partial charge in [0.05, 0.1) is 11.5 Å². The van der Waals surface area contributed by atoms with Crippen molar-refractivity contribution in [2.75, 3.05) is 41.4 Å². The van der Waals surface area contributed by atoms with Crippen molar-refractivity contribution in [2.45, 2.75) is 33.2 Å². The highest BCUT2D eigenvalue weighted by molar-refractivity contribution is 7.91. The molecule has 2 amide bonds. The number of benzene rings is 1. The first kappa shape index (κ1) is 20.2. The molecule has 2 rings (SSSR count). The predicted molar refractivity (Wildman–Crippen MR) is 103 cm³/mol. The lowest BCUT2D eigenvalue weighted by Crippen LogP contribution is -2.46. The molecule has 1 aliphatic rings. The molecule has 1 aliphatic heterocycles. The van der Waals surface area contributed by atoms with Crippen LogP contribution in [0, 0.1) is 0 Å². The average molecular weight is 381 g/mol. The van der Waals surface area contributed by atoms with Gasteiger partial charge in [0.25, 0.3) is 0 Å². The lowest BCUT2D eigenvalue weighted by atomic mass is 10.2. The summed E-state index contributed by atoms with van der Waals surface area (Å²) in [6.07, 6.45) is 0.383. The Morgan fingerprint density at radius 3 is 2.15 bits per heavy atom. The number of sulfone groups is 1. The number of amides is 2. The molecule has 1 heterocycles. The number of nitrogens with one attached hydrogen (secondary N) is 1. The largest absolute Gasteiger partial charge is 0.372 e. The number of carbonyl (C=O) groups excluding carboxylic acids is 2. The highest BCUT2D eigenvalue weighted by Crippen LogP contribution is 2.20. The van der Waals surface area contributed by atoms with Crippen LogP contribution < -0.4 is 10.2 Å². The minimum Gasteiger partial charge on any atom is -0.372 e. The Bertz CT molecular complexity index is 742. The maximum Gasteiger partial charge on any atom is 0.313 e. The molecule has 8 heteroatoms. The van der Waals surface area contributed by atoms with Gasteiger partial charge in [0, 0.05) is 37.1 Å². The van der Waals surface area contributed by atoms with Crippen LogP contribution in [0.15, 0.2) is 24.3 Å². The molecule has 1 fully saturated rings. The summed E-state index contributed by atoms with van der Waals surface area (Å²) in [6.45, 7) is 7.95. The highest BCUT2D eigenvalue weighted by Gasteiger charge is 2.35. The summed E-state index contributed by atoms with van der Waals surface area (Å²) in [4.78, 5) is 28.3. The number of nitrogens with zero attached hydrogens (tertiary/aromatic N) is 2. The van der Waals surface area contributed by atoms with Crippen LogP contribution in [-0.4, -0.2) is 62.3 Å². The quantitative estimate of drug-likeness (QED) is 0.755. The molecule has 0 spiro atoms. The molecule has 1 atom stereocenters. The maximum atomic E-state index is 12.5. The second kappa shape index (κ2) is 8.53. The van der Waals surface area contributed by atoms with Crippen molar-refractivity contribution in [2.24, 2.45) is 0 Å². The van der Waals surface area contributed by atoms with Crippen molar-refractivity contribution in [1.82, 2.24) is 4.90 Å². The van der Waals surface area contributed by atoms with E-state index >= 15 is 0 Å². The van der Waals surface area contributed by atoms with E-state index in [4.69, 9.17) is 0 Å². The topological polar surface area (TPSA) is 86.8 Å². The Morgan fingerprint density at radius 2 is 1.69 bits per heavy atom. The van der Waals surface area contributed by atoms with E-state index in [0.717, 1.165) is 18.8 Å². The van der Waals surface area contributed by atoms with Crippen LogP contribution in [-0.2, 0) is 19.4 Å². The maximum absolute atomic E-state index is 12.5. The van der Waals surface area contributed by atoms with Gasteiger partial charge in [-0.1, -0.05) is 0 Å². The van der Waals surface area contributed by atoms with Crippen molar-refractivity contribution in [3.8, 4) is 0 Å².